The summed E-state index contributed by atoms with van der Waals surface area (Å²) in [6, 6.07) is 7.14. The standard InChI is InChI=1S/C24H36N6O2SSi/c1-31-12-11-25-19-15-21-20(26-16-19)9-10-22(27-21)30(17-32-13-14-34(2,3)4)24-29-28-23(33-24)18-7-5-6-8-18/h9-10,15-16,18,25H,5-8,11-14,17H2,1-4H3. The van der Waals surface area contributed by atoms with Crippen molar-refractivity contribution < 1.29 is 9.47 Å². The van der Waals surface area contributed by atoms with Crippen LogP contribution in [0.15, 0.2) is 24.4 Å². The molecule has 0 unspecified atom stereocenters. The number of rotatable bonds is 12. The minimum Gasteiger partial charge on any atom is -0.383 e. The predicted octanol–water partition coefficient (Wildman–Crippen LogP) is 5.65. The van der Waals surface area contributed by atoms with E-state index in [0.29, 0.717) is 19.3 Å². The van der Waals surface area contributed by atoms with Crippen molar-refractivity contribution in [3.8, 4) is 0 Å². The summed E-state index contributed by atoms with van der Waals surface area (Å²) in [7, 11) is 0.528. The molecule has 1 N–H and O–H groups in total. The summed E-state index contributed by atoms with van der Waals surface area (Å²) in [5.41, 5.74) is 2.60. The first-order valence-corrected chi connectivity index (χ1v) is 16.6. The van der Waals surface area contributed by atoms with Crippen molar-refractivity contribution in [1.82, 2.24) is 20.2 Å². The van der Waals surface area contributed by atoms with E-state index in [-0.39, 0.29) is 0 Å². The molecule has 0 bridgehead atoms. The van der Waals surface area contributed by atoms with E-state index in [0.717, 1.165) is 51.9 Å². The molecular weight excluding hydrogens is 464 g/mol. The summed E-state index contributed by atoms with van der Waals surface area (Å²) in [5.74, 6) is 1.33. The molecule has 0 aromatic carbocycles. The molecular formula is C24H36N6O2SSi. The van der Waals surface area contributed by atoms with Crippen molar-refractivity contribution in [3.05, 3.63) is 29.4 Å². The molecule has 0 saturated heterocycles. The van der Waals surface area contributed by atoms with E-state index < -0.39 is 8.07 Å². The molecule has 3 aromatic heterocycles. The number of nitrogens with zero attached hydrogens (tertiary/aromatic N) is 5. The number of hydrogen-bond donors (Lipinski definition) is 1. The average Bonchev–Trinajstić information content (AvgIpc) is 3.50. The molecule has 10 heteroatoms. The van der Waals surface area contributed by atoms with Crippen LogP contribution in [0.3, 0.4) is 0 Å². The van der Waals surface area contributed by atoms with Crippen LogP contribution in [-0.4, -0.2) is 61.8 Å². The van der Waals surface area contributed by atoms with E-state index >= 15 is 0 Å². The Balaban J connectivity index is 1.57. The van der Waals surface area contributed by atoms with Crippen LogP contribution in [0.25, 0.3) is 11.0 Å². The van der Waals surface area contributed by atoms with Gasteiger partial charge in [0.1, 0.15) is 17.6 Å². The van der Waals surface area contributed by atoms with Gasteiger partial charge in [0, 0.05) is 34.3 Å². The molecule has 1 saturated carbocycles. The van der Waals surface area contributed by atoms with Crippen molar-refractivity contribution in [1.29, 1.82) is 0 Å². The highest BCUT2D eigenvalue weighted by atomic mass is 32.1. The number of ether oxygens (including phenoxy) is 2. The summed E-state index contributed by atoms with van der Waals surface area (Å²) in [4.78, 5) is 11.5. The number of methoxy groups -OCH3 is 1. The van der Waals surface area contributed by atoms with Gasteiger partial charge < -0.3 is 14.8 Å². The monoisotopic (exact) mass is 500 g/mol. The van der Waals surface area contributed by atoms with Crippen molar-refractivity contribution in [2.45, 2.75) is 57.3 Å². The van der Waals surface area contributed by atoms with Crippen molar-refractivity contribution >= 4 is 47.1 Å². The maximum Gasteiger partial charge on any atom is 0.215 e. The molecule has 0 amide bonds. The topological polar surface area (TPSA) is 85.3 Å². The Kier molecular flexibility index (Phi) is 8.46. The first-order valence-electron chi connectivity index (χ1n) is 12.1. The number of nitrogens with one attached hydrogen (secondary N) is 1. The number of pyridine rings is 2. The maximum atomic E-state index is 6.13. The van der Waals surface area contributed by atoms with Crippen molar-refractivity contribution in [2.24, 2.45) is 0 Å². The maximum absolute atomic E-state index is 6.13. The average molecular weight is 501 g/mol. The lowest BCUT2D eigenvalue weighted by molar-refractivity contribution is 0.153. The van der Waals surface area contributed by atoms with Gasteiger partial charge in [-0.05, 0) is 37.1 Å². The first kappa shape index (κ1) is 25.0. The molecule has 0 spiro atoms. The van der Waals surface area contributed by atoms with Gasteiger partial charge in [0.15, 0.2) is 0 Å². The Morgan fingerprint density at radius 1 is 1.12 bits per heavy atom. The second-order valence-corrected chi connectivity index (χ2v) is 16.6. The van der Waals surface area contributed by atoms with E-state index in [2.05, 4.69) is 40.1 Å². The fourth-order valence-corrected chi connectivity index (χ4v) is 5.73. The Bertz CT molecular complexity index is 1070. The normalized spacial score (nSPS) is 14.7. The van der Waals surface area contributed by atoms with Crippen LogP contribution in [-0.2, 0) is 9.47 Å². The zero-order valence-corrected chi connectivity index (χ0v) is 22.5. The molecule has 8 nitrogen and oxygen atoms in total. The summed E-state index contributed by atoms with van der Waals surface area (Å²) in [6.07, 6.45) is 6.81. The molecule has 3 heterocycles. The van der Waals surface area contributed by atoms with Crippen LogP contribution in [0, 0.1) is 0 Å². The molecule has 34 heavy (non-hydrogen) atoms. The summed E-state index contributed by atoms with van der Waals surface area (Å²) in [5, 5.41) is 14.4. The highest BCUT2D eigenvalue weighted by molar-refractivity contribution is 7.15. The zero-order chi connectivity index (χ0) is 24.0. The lowest BCUT2D eigenvalue weighted by Crippen LogP contribution is -2.26. The predicted molar refractivity (Wildman–Crippen MR) is 142 cm³/mol. The second-order valence-electron chi connectivity index (χ2n) is 10.0. The molecule has 0 radical (unpaired) electrons. The molecule has 4 rings (SSSR count). The lowest BCUT2D eigenvalue weighted by atomic mass is 10.1. The number of anilines is 3. The lowest BCUT2D eigenvalue weighted by Gasteiger charge is -2.22. The highest BCUT2D eigenvalue weighted by Gasteiger charge is 2.24. The molecule has 0 atom stereocenters. The Morgan fingerprint density at radius 3 is 2.71 bits per heavy atom. The van der Waals surface area contributed by atoms with E-state index in [9.17, 15) is 0 Å². The van der Waals surface area contributed by atoms with Crippen LogP contribution in [0.5, 0.6) is 0 Å². The molecule has 1 aliphatic carbocycles. The number of fused-ring (bicyclic) bond motifs is 1. The summed E-state index contributed by atoms with van der Waals surface area (Å²) in [6.45, 7) is 9.59. The van der Waals surface area contributed by atoms with Gasteiger partial charge in [-0.3, -0.25) is 9.88 Å². The zero-order valence-electron chi connectivity index (χ0n) is 20.7. The van der Waals surface area contributed by atoms with Crippen LogP contribution in [0.4, 0.5) is 16.6 Å². The van der Waals surface area contributed by atoms with Gasteiger partial charge in [-0.25, -0.2) is 4.98 Å². The quantitative estimate of drug-likeness (QED) is 0.194. The van der Waals surface area contributed by atoms with Gasteiger partial charge in [0.05, 0.1) is 29.5 Å². The van der Waals surface area contributed by atoms with Crippen LogP contribution in [0.1, 0.15) is 36.6 Å². The van der Waals surface area contributed by atoms with Crippen molar-refractivity contribution in [3.63, 3.8) is 0 Å². The molecule has 1 fully saturated rings. The van der Waals surface area contributed by atoms with Gasteiger partial charge in [-0.2, -0.15) is 0 Å². The van der Waals surface area contributed by atoms with E-state index in [1.165, 1.54) is 25.7 Å². The first-order chi connectivity index (χ1) is 16.4. The van der Waals surface area contributed by atoms with Gasteiger partial charge in [0.25, 0.3) is 0 Å². The Labute approximate surface area is 207 Å². The minimum absolute atomic E-state index is 0.404. The fraction of sp³-hybridized carbons (Fsp3) is 0.583. The molecule has 184 valence electrons. The second kappa shape index (κ2) is 11.5. The van der Waals surface area contributed by atoms with Gasteiger partial charge in [-0.1, -0.05) is 43.8 Å². The van der Waals surface area contributed by atoms with Crippen LogP contribution < -0.4 is 10.2 Å². The van der Waals surface area contributed by atoms with Gasteiger partial charge >= 0.3 is 0 Å². The third-order valence-corrected chi connectivity index (χ3v) is 8.83. The SMILES string of the molecule is COCCNc1cnc2ccc(N(COCC[Si](C)(C)C)c3nnc(C4CCCC4)s3)nc2c1. The van der Waals surface area contributed by atoms with Gasteiger partial charge in [0.2, 0.25) is 5.13 Å². The van der Waals surface area contributed by atoms with Gasteiger partial charge in [-0.15, -0.1) is 10.2 Å². The fourth-order valence-electron chi connectivity index (χ4n) is 3.97. The van der Waals surface area contributed by atoms with E-state index in [1.807, 2.05) is 29.3 Å². The Hall–Kier alpha value is -2.14. The smallest absolute Gasteiger partial charge is 0.215 e. The summed E-state index contributed by atoms with van der Waals surface area (Å²) < 4.78 is 11.3. The van der Waals surface area contributed by atoms with Crippen LogP contribution >= 0.6 is 11.3 Å². The molecule has 1 aliphatic rings. The summed E-state index contributed by atoms with van der Waals surface area (Å²) >= 11 is 1.67. The third kappa shape index (κ3) is 6.71. The third-order valence-electron chi connectivity index (χ3n) is 6.02. The highest BCUT2D eigenvalue weighted by Crippen LogP contribution is 2.38. The number of aromatic nitrogens is 4. The number of hydrogen-bond acceptors (Lipinski definition) is 9. The van der Waals surface area contributed by atoms with Crippen molar-refractivity contribution in [2.75, 3.05) is 43.8 Å². The molecule has 0 aliphatic heterocycles. The largest absolute Gasteiger partial charge is 0.383 e. The van der Waals surface area contributed by atoms with E-state index in [1.54, 1.807) is 18.4 Å². The minimum atomic E-state index is -1.17. The van der Waals surface area contributed by atoms with Crippen LogP contribution in [0.2, 0.25) is 25.7 Å². The van der Waals surface area contributed by atoms with E-state index in [4.69, 9.17) is 14.5 Å². The molecule has 3 aromatic rings. The Morgan fingerprint density at radius 2 is 1.94 bits per heavy atom.